The normalized spacial score (nSPS) is 24.6. The molecule has 0 bridgehead atoms. The summed E-state index contributed by atoms with van der Waals surface area (Å²) in [7, 11) is -4.61. The van der Waals surface area contributed by atoms with Crippen molar-refractivity contribution in [3.63, 3.8) is 0 Å². The van der Waals surface area contributed by atoms with E-state index in [2.05, 4.69) is 5.32 Å². The quantitative estimate of drug-likeness (QED) is 0.491. The zero-order valence-corrected chi connectivity index (χ0v) is 11.5. The molecule has 0 radical (unpaired) electrons. The molecule has 0 aromatic carbocycles. The van der Waals surface area contributed by atoms with Crippen LogP contribution in [0.1, 0.15) is 27.7 Å². The Morgan fingerprint density at radius 1 is 1.44 bits per heavy atom. The SMILES string of the molecule is C[C@H]1[C@H](NC(=O)OC(C)(C)C)C(=O)N1P(=O)(O)O. The first-order valence-electron chi connectivity index (χ1n) is 5.32. The average Bonchev–Trinajstić information content (AvgIpc) is 2.09. The summed E-state index contributed by atoms with van der Waals surface area (Å²) in [5.41, 5.74) is -0.705. The van der Waals surface area contributed by atoms with E-state index in [0.717, 1.165) is 0 Å². The summed E-state index contributed by atoms with van der Waals surface area (Å²) >= 11 is 0. The lowest BCUT2D eigenvalue weighted by Gasteiger charge is -2.44. The average molecular weight is 280 g/mol. The lowest BCUT2D eigenvalue weighted by Crippen LogP contribution is -2.68. The van der Waals surface area contributed by atoms with Gasteiger partial charge in [0.15, 0.2) is 0 Å². The summed E-state index contributed by atoms with van der Waals surface area (Å²) < 4.78 is 16.3. The number of hydrogen-bond donors (Lipinski definition) is 3. The van der Waals surface area contributed by atoms with Gasteiger partial charge in [0.05, 0.1) is 6.04 Å². The first kappa shape index (κ1) is 14.9. The van der Waals surface area contributed by atoms with Gasteiger partial charge in [0.25, 0.3) is 5.91 Å². The van der Waals surface area contributed by atoms with E-state index >= 15 is 0 Å². The minimum absolute atomic E-state index is 0.440. The highest BCUT2D eigenvalue weighted by Crippen LogP contribution is 2.47. The van der Waals surface area contributed by atoms with Crippen molar-refractivity contribution in [3.05, 3.63) is 0 Å². The van der Waals surface area contributed by atoms with Crippen LogP contribution in [0, 0.1) is 0 Å². The third kappa shape index (κ3) is 3.22. The van der Waals surface area contributed by atoms with Gasteiger partial charge in [-0.2, -0.15) is 0 Å². The molecule has 18 heavy (non-hydrogen) atoms. The molecule has 2 amide bonds. The second-order valence-electron chi connectivity index (χ2n) is 5.06. The highest BCUT2D eigenvalue weighted by Gasteiger charge is 2.53. The molecule has 0 aliphatic carbocycles. The maximum Gasteiger partial charge on any atom is 0.432 e. The minimum Gasteiger partial charge on any atom is -0.444 e. The molecule has 1 rings (SSSR count). The molecule has 3 N–H and O–H groups in total. The molecule has 0 aromatic heterocycles. The molecule has 0 aromatic rings. The van der Waals surface area contributed by atoms with Gasteiger partial charge >= 0.3 is 13.8 Å². The molecule has 104 valence electrons. The van der Waals surface area contributed by atoms with Crippen molar-refractivity contribution in [2.24, 2.45) is 0 Å². The summed E-state index contributed by atoms with van der Waals surface area (Å²) in [5, 5.41) is 2.28. The number of carbonyl (C=O) groups is 2. The standard InChI is InChI=1S/C9H17N2O6P/c1-5-6(7(12)11(5)18(14,15)16)10-8(13)17-9(2,3)4/h5-6H,1-4H3,(H,10,13)(H2,14,15,16)/t5-,6-/m0/s1. The van der Waals surface area contributed by atoms with Gasteiger partial charge in [-0.1, -0.05) is 0 Å². The fourth-order valence-corrected chi connectivity index (χ4v) is 2.58. The molecule has 0 unspecified atom stereocenters. The van der Waals surface area contributed by atoms with Crippen molar-refractivity contribution in [1.82, 2.24) is 9.99 Å². The van der Waals surface area contributed by atoms with Crippen molar-refractivity contribution in [3.8, 4) is 0 Å². The smallest absolute Gasteiger partial charge is 0.432 e. The summed E-state index contributed by atoms with van der Waals surface area (Å²) in [4.78, 5) is 40.7. The number of amides is 2. The Morgan fingerprint density at radius 3 is 2.28 bits per heavy atom. The molecular formula is C9H17N2O6P. The number of alkyl carbamates (subject to hydrolysis) is 1. The van der Waals surface area contributed by atoms with E-state index in [1.165, 1.54) is 6.92 Å². The number of nitrogens with zero attached hydrogens (tertiary/aromatic N) is 1. The molecular weight excluding hydrogens is 263 g/mol. The van der Waals surface area contributed by atoms with Crippen LogP contribution >= 0.6 is 7.75 Å². The minimum atomic E-state index is -4.61. The topological polar surface area (TPSA) is 116 Å². The van der Waals surface area contributed by atoms with Crippen molar-refractivity contribution in [1.29, 1.82) is 0 Å². The zero-order valence-electron chi connectivity index (χ0n) is 10.6. The first-order chi connectivity index (χ1) is 7.93. The Hall–Kier alpha value is -1.11. The fourth-order valence-electron chi connectivity index (χ4n) is 1.59. The second-order valence-corrected chi connectivity index (χ2v) is 6.52. The van der Waals surface area contributed by atoms with Gasteiger partial charge in [0.2, 0.25) is 0 Å². The maximum atomic E-state index is 11.5. The molecule has 1 aliphatic rings. The number of hydrogen-bond acceptors (Lipinski definition) is 4. The van der Waals surface area contributed by atoms with Crippen LogP contribution in [0.5, 0.6) is 0 Å². The summed E-state index contributed by atoms with van der Waals surface area (Å²) in [5.74, 6) is -0.818. The van der Waals surface area contributed by atoms with Crippen LogP contribution < -0.4 is 5.32 Å². The van der Waals surface area contributed by atoms with E-state index in [1.807, 2.05) is 0 Å². The Bertz CT molecular complexity index is 412. The van der Waals surface area contributed by atoms with Gasteiger partial charge in [-0.3, -0.25) is 4.79 Å². The highest BCUT2D eigenvalue weighted by atomic mass is 31.2. The van der Waals surface area contributed by atoms with Gasteiger partial charge in [-0.25, -0.2) is 14.0 Å². The number of rotatable bonds is 2. The Kier molecular flexibility index (Phi) is 3.76. The van der Waals surface area contributed by atoms with E-state index in [4.69, 9.17) is 14.5 Å². The van der Waals surface area contributed by atoms with E-state index < -0.39 is 37.4 Å². The number of carbonyl (C=O) groups excluding carboxylic acids is 2. The van der Waals surface area contributed by atoms with Crippen molar-refractivity contribution in [2.75, 3.05) is 0 Å². The van der Waals surface area contributed by atoms with E-state index in [-0.39, 0.29) is 0 Å². The molecule has 9 heteroatoms. The van der Waals surface area contributed by atoms with Gasteiger partial charge in [0, 0.05) is 0 Å². The zero-order chi connectivity index (χ0) is 14.3. The summed E-state index contributed by atoms with van der Waals surface area (Å²) in [6.45, 7) is 6.43. The Morgan fingerprint density at radius 2 is 1.94 bits per heavy atom. The number of β-lactam (4-membered cyclic amide) rings is 1. The first-order valence-corrected chi connectivity index (χ1v) is 6.88. The molecule has 1 saturated heterocycles. The van der Waals surface area contributed by atoms with E-state index in [0.29, 0.717) is 4.67 Å². The second kappa shape index (κ2) is 4.53. The third-order valence-electron chi connectivity index (χ3n) is 2.31. The lowest BCUT2D eigenvalue weighted by molar-refractivity contribution is -0.142. The molecule has 0 saturated carbocycles. The summed E-state index contributed by atoms with van der Waals surface area (Å²) in [6, 6.07) is -1.74. The predicted octanol–water partition coefficient (Wildman–Crippen LogP) is 0.203. The number of nitrogens with one attached hydrogen (secondary N) is 1. The van der Waals surface area contributed by atoms with E-state index in [9.17, 15) is 14.2 Å². The monoisotopic (exact) mass is 280 g/mol. The predicted molar refractivity (Wildman–Crippen MR) is 61.5 cm³/mol. The lowest BCUT2D eigenvalue weighted by atomic mass is 10.0. The Labute approximate surface area is 105 Å². The summed E-state index contributed by atoms with van der Waals surface area (Å²) in [6.07, 6.45) is -0.793. The van der Waals surface area contributed by atoms with Crippen LogP contribution in [0.15, 0.2) is 0 Å². The van der Waals surface area contributed by atoms with Crippen molar-refractivity contribution >= 4 is 19.7 Å². The van der Waals surface area contributed by atoms with Gasteiger partial charge in [-0.05, 0) is 27.7 Å². The van der Waals surface area contributed by atoms with Gasteiger partial charge < -0.3 is 19.8 Å². The maximum absolute atomic E-state index is 11.5. The van der Waals surface area contributed by atoms with Crippen molar-refractivity contribution in [2.45, 2.75) is 45.4 Å². The molecule has 1 heterocycles. The van der Waals surface area contributed by atoms with Crippen LogP contribution in [-0.2, 0) is 14.1 Å². The molecule has 8 nitrogen and oxygen atoms in total. The molecule has 1 fully saturated rings. The van der Waals surface area contributed by atoms with E-state index in [1.54, 1.807) is 20.8 Å². The largest absolute Gasteiger partial charge is 0.444 e. The fraction of sp³-hybridized carbons (Fsp3) is 0.778. The van der Waals surface area contributed by atoms with Crippen LogP contribution in [0.2, 0.25) is 0 Å². The van der Waals surface area contributed by atoms with Gasteiger partial charge in [-0.15, -0.1) is 0 Å². The van der Waals surface area contributed by atoms with Crippen LogP contribution in [-0.4, -0.2) is 44.1 Å². The highest BCUT2D eigenvalue weighted by molar-refractivity contribution is 7.50. The molecule has 0 spiro atoms. The van der Waals surface area contributed by atoms with Gasteiger partial charge in [0.1, 0.15) is 11.6 Å². The number of ether oxygens (including phenoxy) is 1. The van der Waals surface area contributed by atoms with Crippen molar-refractivity contribution < 1.29 is 28.7 Å². The molecule has 1 aliphatic heterocycles. The third-order valence-corrected chi connectivity index (χ3v) is 3.44. The van der Waals surface area contributed by atoms with Crippen LogP contribution in [0.3, 0.4) is 0 Å². The Balaban J connectivity index is 2.60. The van der Waals surface area contributed by atoms with Crippen LogP contribution in [0.4, 0.5) is 4.79 Å². The molecule has 2 atom stereocenters. The van der Waals surface area contributed by atoms with Crippen LogP contribution in [0.25, 0.3) is 0 Å².